The Morgan fingerprint density at radius 2 is 1.80 bits per heavy atom. The number of aromatic hydroxyl groups is 1. The third kappa shape index (κ3) is 4.15. The van der Waals surface area contributed by atoms with Gasteiger partial charge in [0.1, 0.15) is 17.3 Å². The van der Waals surface area contributed by atoms with Crippen molar-refractivity contribution in [2.24, 2.45) is 5.41 Å². The predicted octanol–water partition coefficient (Wildman–Crippen LogP) is 3.04. The molecule has 3 N–H and O–H groups in total. The fourth-order valence-electron chi connectivity index (χ4n) is 6.36. The SMILES string of the molecule is CCC1(C)CC1N1C(=O)[C@H]2N(C(=O)C(O)[C@H](Cc3ccccc3)NC(=O)c3cccc(O)c3C)CC(F)(F)C21C. The van der Waals surface area contributed by atoms with E-state index in [9.17, 15) is 24.6 Å². The minimum Gasteiger partial charge on any atom is -0.508 e. The van der Waals surface area contributed by atoms with Crippen LogP contribution in [0.5, 0.6) is 5.75 Å². The molecule has 10 heteroatoms. The number of hydrogen-bond donors (Lipinski definition) is 3. The molecule has 3 aliphatic rings. The summed E-state index contributed by atoms with van der Waals surface area (Å²) in [6, 6.07) is 10.3. The second kappa shape index (κ2) is 9.54. The predicted molar refractivity (Wildman–Crippen MR) is 143 cm³/mol. The molecule has 214 valence electrons. The number of β-lactam (4-membered cyclic amide) rings is 1. The lowest BCUT2D eigenvalue weighted by atomic mass is 9.77. The lowest BCUT2D eigenvalue weighted by Gasteiger charge is -2.55. The highest BCUT2D eigenvalue weighted by Crippen LogP contribution is 2.62. The highest BCUT2D eigenvalue weighted by molar-refractivity contribution is 5.99. The second-order valence-corrected chi connectivity index (χ2v) is 11.8. The van der Waals surface area contributed by atoms with Crippen molar-refractivity contribution in [2.45, 2.75) is 82.6 Å². The summed E-state index contributed by atoms with van der Waals surface area (Å²) in [6.07, 6.45) is -0.498. The number of likely N-dealkylation sites (tertiary alicyclic amines) is 2. The van der Waals surface area contributed by atoms with Crippen molar-refractivity contribution < 1.29 is 33.4 Å². The largest absolute Gasteiger partial charge is 0.508 e. The topological polar surface area (TPSA) is 110 Å². The van der Waals surface area contributed by atoms with Gasteiger partial charge in [-0.1, -0.05) is 50.2 Å². The first-order valence-corrected chi connectivity index (χ1v) is 13.6. The number of benzene rings is 2. The zero-order valence-electron chi connectivity index (χ0n) is 23.0. The summed E-state index contributed by atoms with van der Waals surface area (Å²) in [6.45, 7) is 5.80. The standard InChI is InChI=1S/C30H35F2N3O5/c1-5-28(3)15-22(28)35-27(40)24-29(35,4)30(31,32)16-34(24)26(39)23(37)20(14-18-10-7-6-8-11-18)33-25(38)19-12-9-13-21(36)17(19)2/h6-13,20,22-24,36-37H,5,14-16H2,1-4H3,(H,33,38)/t20-,22?,23?,24+,28?,29?/m0/s1. The Balaban J connectivity index is 1.41. The van der Waals surface area contributed by atoms with Gasteiger partial charge in [0.05, 0.1) is 12.6 Å². The van der Waals surface area contributed by atoms with Gasteiger partial charge in [-0.25, -0.2) is 8.78 Å². The van der Waals surface area contributed by atoms with Crippen LogP contribution in [0.3, 0.4) is 0 Å². The summed E-state index contributed by atoms with van der Waals surface area (Å²) in [7, 11) is 0. The molecule has 0 bridgehead atoms. The quantitative estimate of drug-likeness (QED) is 0.434. The van der Waals surface area contributed by atoms with Crippen molar-refractivity contribution in [3.63, 3.8) is 0 Å². The molecule has 2 aromatic carbocycles. The molecule has 4 unspecified atom stereocenters. The average molecular weight is 556 g/mol. The molecule has 2 aromatic rings. The maximum Gasteiger partial charge on any atom is 0.290 e. The zero-order valence-corrected chi connectivity index (χ0v) is 23.0. The lowest BCUT2D eigenvalue weighted by Crippen LogP contribution is -2.79. The van der Waals surface area contributed by atoms with Crippen LogP contribution in [0.15, 0.2) is 48.5 Å². The molecule has 2 aliphatic heterocycles. The molecule has 0 spiro atoms. The smallest absolute Gasteiger partial charge is 0.290 e. The summed E-state index contributed by atoms with van der Waals surface area (Å²) in [4.78, 5) is 42.1. The van der Waals surface area contributed by atoms with Gasteiger partial charge in [-0.2, -0.15) is 0 Å². The molecular weight excluding hydrogens is 520 g/mol. The maximum absolute atomic E-state index is 15.6. The summed E-state index contributed by atoms with van der Waals surface area (Å²) in [5.41, 5.74) is -0.943. The molecule has 6 atom stereocenters. The minimum absolute atomic E-state index is 0.0283. The molecule has 1 saturated carbocycles. The van der Waals surface area contributed by atoms with Crippen molar-refractivity contribution in [1.29, 1.82) is 0 Å². The van der Waals surface area contributed by atoms with Crippen molar-refractivity contribution in [1.82, 2.24) is 15.1 Å². The first-order valence-electron chi connectivity index (χ1n) is 13.6. The number of hydrogen-bond acceptors (Lipinski definition) is 5. The van der Waals surface area contributed by atoms with E-state index in [1.165, 1.54) is 30.0 Å². The van der Waals surface area contributed by atoms with E-state index in [0.717, 1.165) is 11.3 Å². The Morgan fingerprint density at radius 3 is 2.42 bits per heavy atom. The van der Waals surface area contributed by atoms with Crippen molar-refractivity contribution >= 4 is 17.7 Å². The first kappa shape index (κ1) is 28.0. The van der Waals surface area contributed by atoms with Gasteiger partial charge in [0, 0.05) is 17.2 Å². The molecule has 3 fully saturated rings. The molecule has 0 aromatic heterocycles. The van der Waals surface area contributed by atoms with Gasteiger partial charge in [0.25, 0.3) is 17.7 Å². The van der Waals surface area contributed by atoms with Crippen molar-refractivity contribution in [3.05, 3.63) is 65.2 Å². The molecular formula is C30H35F2N3O5. The number of fused-ring (bicyclic) bond motifs is 1. The normalized spacial score (nSPS) is 29.8. The van der Waals surface area contributed by atoms with E-state index in [-0.39, 0.29) is 29.2 Å². The number of rotatable bonds is 8. The highest BCUT2D eigenvalue weighted by Gasteiger charge is 2.80. The van der Waals surface area contributed by atoms with E-state index in [1.54, 1.807) is 37.3 Å². The van der Waals surface area contributed by atoms with Crippen LogP contribution in [-0.4, -0.2) is 80.0 Å². The molecule has 5 rings (SSSR count). The lowest BCUT2D eigenvalue weighted by molar-refractivity contribution is -0.194. The van der Waals surface area contributed by atoms with E-state index in [4.69, 9.17) is 0 Å². The number of aliphatic hydroxyl groups is 1. The van der Waals surface area contributed by atoms with Crippen LogP contribution in [-0.2, 0) is 16.0 Å². The van der Waals surface area contributed by atoms with E-state index < -0.39 is 53.9 Å². The fraction of sp³-hybridized carbons (Fsp3) is 0.500. The Kier molecular flexibility index (Phi) is 6.68. The molecule has 2 heterocycles. The van der Waals surface area contributed by atoms with Gasteiger partial charge in [0.15, 0.2) is 6.10 Å². The second-order valence-electron chi connectivity index (χ2n) is 11.8. The van der Waals surface area contributed by atoms with E-state index in [0.29, 0.717) is 17.5 Å². The molecule has 1 aliphatic carbocycles. The number of nitrogens with one attached hydrogen (secondary N) is 1. The number of carbonyl (C=O) groups is 3. The Hall–Kier alpha value is -3.53. The number of phenolic OH excluding ortho intramolecular Hbond substituents is 1. The number of carbonyl (C=O) groups excluding carboxylic acids is 3. The number of alkyl halides is 2. The van der Waals surface area contributed by atoms with Gasteiger partial charge >= 0.3 is 0 Å². The molecule has 0 radical (unpaired) electrons. The van der Waals surface area contributed by atoms with Gasteiger partial charge in [0.2, 0.25) is 5.91 Å². The van der Waals surface area contributed by atoms with Crippen LogP contribution in [0.25, 0.3) is 0 Å². The van der Waals surface area contributed by atoms with Crippen LogP contribution in [0.1, 0.15) is 55.1 Å². The van der Waals surface area contributed by atoms with Crippen LogP contribution in [0.2, 0.25) is 0 Å². The average Bonchev–Trinajstić information content (AvgIpc) is 3.53. The molecule has 2 saturated heterocycles. The minimum atomic E-state index is -3.38. The Labute approximate surface area is 232 Å². The number of phenols is 1. The summed E-state index contributed by atoms with van der Waals surface area (Å²) >= 11 is 0. The molecule has 40 heavy (non-hydrogen) atoms. The number of nitrogens with zero attached hydrogens (tertiary/aromatic N) is 2. The van der Waals surface area contributed by atoms with E-state index in [1.807, 2.05) is 13.8 Å². The van der Waals surface area contributed by atoms with Crippen LogP contribution < -0.4 is 5.32 Å². The first-order chi connectivity index (χ1) is 18.8. The van der Waals surface area contributed by atoms with Crippen LogP contribution >= 0.6 is 0 Å². The van der Waals surface area contributed by atoms with Crippen LogP contribution in [0, 0.1) is 12.3 Å². The van der Waals surface area contributed by atoms with Crippen molar-refractivity contribution in [3.8, 4) is 5.75 Å². The third-order valence-corrected chi connectivity index (χ3v) is 9.43. The van der Waals surface area contributed by atoms with Gasteiger partial charge in [-0.15, -0.1) is 0 Å². The molecule has 8 nitrogen and oxygen atoms in total. The third-order valence-electron chi connectivity index (χ3n) is 9.43. The van der Waals surface area contributed by atoms with Gasteiger partial charge < -0.3 is 25.3 Å². The van der Waals surface area contributed by atoms with Crippen molar-refractivity contribution in [2.75, 3.05) is 6.54 Å². The maximum atomic E-state index is 15.6. The Bertz CT molecular complexity index is 1350. The highest BCUT2D eigenvalue weighted by atomic mass is 19.3. The Morgan fingerprint density at radius 1 is 1.12 bits per heavy atom. The zero-order chi connectivity index (χ0) is 29.2. The number of aliphatic hydroxyl groups excluding tert-OH is 1. The van der Waals surface area contributed by atoms with Gasteiger partial charge in [-0.05, 0) is 56.2 Å². The van der Waals surface area contributed by atoms with Gasteiger partial charge in [-0.3, -0.25) is 14.4 Å². The monoisotopic (exact) mass is 555 g/mol. The molecule has 3 amide bonds. The number of amides is 3. The fourth-order valence-corrected chi connectivity index (χ4v) is 6.36. The number of halogens is 2. The summed E-state index contributed by atoms with van der Waals surface area (Å²) in [5.74, 6) is -5.69. The van der Waals surface area contributed by atoms with E-state index in [2.05, 4.69) is 5.32 Å². The van der Waals surface area contributed by atoms with Crippen LogP contribution in [0.4, 0.5) is 8.78 Å². The summed E-state index contributed by atoms with van der Waals surface area (Å²) < 4.78 is 31.1. The van der Waals surface area contributed by atoms with E-state index >= 15 is 8.78 Å². The summed E-state index contributed by atoms with van der Waals surface area (Å²) in [5, 5.41) is 24.0.